The normalized spacial score (nSPS) is 18.4. The van der Waals surface area contributed by atoms with E-state index in [1.807, 2.05) is 12.1 Å². The van der Waals surface area contributed by atoms with E-state index in [4.69, 9.17) is 15.2 Å². The number of piperidine rings is 1. The molecule has 0 atom stereocenters. The Morgan fingerprint density at radius 3 is 2.56 bits per heavy atom. The molecule has 2 aromatic heterocycles. The van der Waals surface area contributed by atoms with Crippen LogP contribution in [-0.2, 0) is 0 Å². The Kier molecular flexibility index (Phi) is 3.86. The lowest BCUT2D eigenvalue weighted by Gasteiger charge is -2.32. The molecule has 2 aliphatic rings. The van der Waals surface area contributed by atoms with Crippen LogP contribution in [0.5, 0.6) is 0 Å². The van der Waals surface area contributed by atoms with Crippen LogP contribution in [0, 0.1) is 12.7 Å². The summed E-state index contributed by atoms with van der Waals surface area (Å²) in [5.41, 5.74) is 8.29. The first kappa shape index (κ1) is 16.6. The number of hydrogen-bond acceptors (Lipinski definition) is 6. The molecular weight excluding hydrogens is 345 g/mol. The average Bonchev–Trinajstić information content (AvgIpc) is 3.41. The fourth-order valence-corrected chi connectivity index (χ4v) is 3.83. The molecule has 2 N–H and O–H groups in total. The predicted octanol–water partition coefficient (Wildman–Crippen LogP) is 3.54. The summed E-state index contributed by atoms with van der Waals surface area (Å²) in [6, 6.07) is 5.71. The van der Waals surface area contributed by atoms with Gasteiger partial charge in [0.25, 0.3) is 5.89 Å². The predicted molar refractivity (Wildman–Crippen MR) is 101 cm³/mol. The van der Waals surface area contributed by atoms with Gasteiger partial charge in [-0.25, -0.2) is 9.37 Å². The standard InChI is InChI=1S/C20H22FN5O/c1-11-23-20(27-25-11)16-9-13-8-15(12-2-3-12)17(21)10-18(13)24-19(16)26-6-4-14(22)5-7-26/h8-10,12,14H,2-7,22H2,1H3. The molecule has 3 aromatic rings. The highest BCUT2D eigenvalue weighted by molar-refractivity contribution is 5.88. The second kappa shape index (κ2) is 6.27. The van der Waals surface area contributed by atoms with Crippen LogP contribution in [0.4, 0.5) is 10.2 Å². The summed E-state index contributed by atoms with van der Waals surface area (Å²) in [6.45, 7) is 3.41. The second-order valence-corrected chi connectivity index (χ2v) is 7.67. The van der Waals surface area contributed by atoms with Gasteiger partial charge in [-0.3, -0.25) is 0 Å². The van der Waals surface area contributed by atoms with Crippen LogP contribution in [0.15, 0.2) is 22.7 Å². The van der Waals surface area contributed by atoms with Gasteiger partial charge in [0, 0.05) is 30.6 Å². The molecule has 1 aliphatic carbocycles. The first-order valence-corrected chi connectivity index (χ1v) is 9.54. The topological polar surface area (TPSA) is 81.1 Å². The molecule has 27 heavy (non-hydrogen) atoms. The number of nitrogens with zero attached hydrogens (tertiary/aromatic N) is 4. The van der Waals surface area contributed by atoms with Crippen molar-refractivity contribution in [2.24, 2.45) is 5.73 Å². The third-order valence-electron chi connectivity index (χ3n) is 5.53. The summed E-state index contributed by atoms with van der Waals surface area (Å²) < 4.78 is 20.0. The molecule has 1 saturated heterocycles. The van der Waals surface area contributed by atoms with Crippen molar-refractivity contribution in [3.63, 3.8) is 0 Å². The number of anilines is 1. The largest absolute Gasteiger partial charge is 0.356 e. The van der Waals surface area contributed by atoms with Crippen LogP contribution >= 0.6 is 0 Å². The van der Waals surface area contributed by atoms with E-state index in [-0.39, 0.29) is 11.9 Å². The Hall–Kier alpha value is -2.54. The van der Waals surface area contributed by atoms with Crippen molar-refractivity contribution in [1.29, 1.82) is 0 Å². The smallest absolute Gasteiger partial charge is 0.261 e. The van der Waals surface area contributed by atoms with E-state index < -0.39 is 0 Å². The van der Waals surface area contributed by atoms with E-state index in [1.54, 1.807) is 13.0 Å². The summed E-state index contributed by atoms with van der Waals surface area (Å²) in [5.74, 6) is 1.97. The first-order chi connectivity index (χ1) is 13.1. The SMILES string of the molecule is Cc1noc(-c2cc3cc(C4CC4)c(F)cc3nc2N2CCC(N)CC2)n1. The summed E-state index contributed by atoms with van der Waals surface area (Å²) in [5, 5.41) is 4.83. The molecule has 1 saturated carbocycles. The molecule has 1 aliphatic heterocycles. The number of aromatic nitrogens is 3. The van der Waals surface area contributed by atoms with Gasteiger partial charge in [0.05, 0.1) is 11.1 Å². The zero-order valence-corrected chi connectivity index (χ0v) is 15.3. The zero-order chi connectivity index (χ0) is 18.5. The summed E-state index contributed by atoms with van der Waals surface area (Å²) in [7, 11) is 0. The second-order valence-electron chi connectivity index (χ2n) is 7.67. The van der Waals surface area contributed by atoms with Gasteiger partial charge < -0.3 is 15.2 Å². The minimum atomic E-state index is -0.162. The fraction of sp³-hybridized carbons (Fsp3) is 0.450. The van der Waals surface area contributed by atoms with Crippen molar-refractivity contribution in [1.82, 2.24) is 15.1 Å². The van der Waals surface area contributed by atoms with E-state index in [2.05, 4.69) is 15.0 Å². The van der Waals surface area contributed by atoms with Crippen molar-refractivity contribution in [2.45, 2.75) is 44.6 Å². The van der Waals surface area contributed by atoms with Gasteiger partial charge in [-0.15, -0.1) is 0 Å². The number of fused-ring (bicyclic) bond motifs is 1. The van der Waals surface area contributed by atoms with Crippen molar-refractivity contribution in [2.75, 3.05) is 18.0 Å². The van der Waals surface area contributed by atoms with Crippen LogP contribution in [0.1, 0.15) is 43.0 Å². The number of hydrogen-bond donors (Lipinski definition) is 1. The highest BCUT2D eigenvalue weighted by atomic mass is 19.1. The van der Waals surface area contributed by atoms with Crippen molar-refractivity contribution < 1.29 is 8.91 Å². The van der Waals surface area contributed by atoms with Gasteiger partial charge in [0.15, 0.2) is 5.82 Å². The molecule has 2 fully saturated rings. The van der Waals surface area contributed by atoms with Crippen LogP contribution in [0.2, 0.25) is 0 Å². The Bertz CT molecular complexity index is 1010. The van der Waals surface area contributed by atoms with Gasteiger partial charge in [-0.2, -0.15) is 4.98 Å². The maximum Gasteiger partial charge on any atom is 0.261 e. The molecule has 0 unspecified atom stereocenters. The number of halogens is 1. The van der Waals surface area contributed by atoms with Gasteiger partial charge in [-0.05, 0) is 56.2 Å². The lowest BCUT2D eigenvalue weighted by molar-refractivity contribution is 0.425. The van der Waals surface area contributed by atoms with E-state index in [9.17, 15) is 4.39 Å². The highest BCUT2D eigenvalue weighted by Crippen LogP contribution is 2.43. The molecule has 5 rings (SSSR count). The number of nitrogens with two attached hydrogens (primary N) is 1. The van der Waals surface area contributed by atoms with E-state index in [0.717, 1.165) is 61.1 Å². The third kappa shape index (κ3) is 3.06. The van der Waals surface area contributed by atoms with Crippen molar-refractivity contribution in [3.05, 3.63) is 35.4 Å². The van der Waals surface area contributed by atoms with Gasteiger partial charge >= 0.3 is 0 Å². The maximum atomic E-state index is 14.6. The summed E-state index contributed by atoms with van der Waals surface area (Å²) in [6.07, 6.45) is 3.91. The zero-order valence-electron chi connectivity index (χ0n) is 15.3. The quantitative estimate of drug-likeness (QED) is 0.763. The minimum Gasteiger partial charge on any atom is -0.356 e. The molecule has 0 bridgehead atoms. The van der Waals surface area contributed by atoms with Crippen LogP contribution in [-0.4, -0.2) is 34.3 Å². The van der Waals surface area contributed by atoms with E-state index >= 15 is 0 Å². The first-order valence-electron chi connectivity index (χ1n) is 9.54. The lowest BCUT2D eigenvalue weighted by Crippen LogP contribution is -2.40. The van der Waals surface area contributed by atoms with Crippen molar-refractivity contribution >= 4 is 16.7 Å². The Morgan fingerprint density at radius 1 is 1.11 bits per heavy atom. The monoisotopic (exact) mass is 367 g/mol. The summed E-state index contributed by atoms with van der Waals surface area (Å²) >= 11 is 0. The van der Waals surface area contributed by atoms with Crippen LogP contribution in [0.25, 0.3) is 22.4 Å². The molecule has 0 amide bonds. The fourth-order valence-electron chi connectivity index (χ4n) is 3.83. The third-order valence-corrected chi connectivity index (χ3v) is 5.53. The molecule has 6 nitrogen and oxygen atoms in total. The van der Waals surface area contributed by atoms with Crippen molar-refractivity contribution in [3.8, 4) is 11.5 Å². The number of aryl methyl sites for hydroxylation is 1. The molecule has 0 spiro atoms. The molecule has 140 valence electrons. The van der Waals surface area contributed by atoms with E-state index in [1.165, 1.54) is 0 Å². The number of pyridine rings is 1. The average molecular weight is 367 g/mol. The van der Waals surface area contributed by atoms with Crippen LogP contribution in [0.3, 0.4) is 0 Å². The molecule has 1 aromatic carbocycles. The molecule has 0 radical (unpaired) electrons. The van der Waals surface area contributed by atoms with Gasteiger partial charge in [0.1, 0.15) is 11.6 Å². The molecular formula is C20H22FN5O. The Balaban J connectivity index is 1.67. The Labute approximate surface area is 156 Å². The molecule has 3 heterocycles. The van der Waals surface area contributed by atoms with Crippen LogP contribution < -0.4 is 10.6 Å². The van der Waals surface area contributed by atoms with Gasteiger partial charge in [-0.1, -0.05) is 5.16 Å². The highest BCUT2D eigenvalue weighted by Gasteiger charge is 2.28. The minimum absolute atomic E-state index is 0.162. The molecule has 7 heteroatoms. The van der Waals surface area contributed by atoms with Gasteiger partial charge in [0.2, 0.25) is 0 Å². The number of rotatable bonds is 3. The maximum absolute atomic E-state index is 14.6. The Morgan fingerprint density at radius 2 is 1.89 bits per heavy atom. The lowest BCUT2D eigenvalue weighted by atomic mass is 10.0. The van der Waals surface area contributed by atoms with E-state index in [0.29, 0.717) is 23.1 Å². The summed E-state index contributed by atoms with van der Waals surface area (Å²) in [4.78, 5) is 11.4. The number of benzene rings is 1.